The minimum Gasteiger partial charge on any atom is -0.490 e. The van der Waals surface area contributed by atoms with Crippen molar-refractivity contribution in [3.05, 3.63) is 34.4 Å². The summed E-state index contributed by atoms with van der Waals surface area (Å²) in [5, 5.41) is 3.68. The first kappa shape index (κ1) is 13.8. The van der Waals surface area contributed by atoms with Crippen LogP contribution in [0.15, 0.2) is 27.5 Å². The largest absolute Gasteiger partial charge is 0.490 e. The standard InChI is InChI=1S/C12H14BrN3O3/c1-2-17-10-4-8(5-14)3-9(13)12(10)18-6-11-15-7-19-16-11/h3-4,7H,2,5-6,14H2,1H3. The molecule has 0 unspecified atom stereocenters. The van der Waals surface area contributed by atoms with Crippen LogP contribution >= 0.6 is 15.9 Å². The molecule has 0 aliphatic heterocycles. The average Bonchev–Trinajstić information content (AvgIpc) is 2.91. The molecule has 19 heavy (non-hydrogen) atoms. The van der Waals surface area contributed by atoms with E-state index >= 15 is 0 Å². The number of benzene rings is 1. The lowest BCUT2D eigenvalue weighted by Gasteiger charge is -2.14. The van der Waals surface area contributed by atoms with Gasteiger partial charge in [0.2, 0.25) is 12.2 Å². The Labute approximate surface area is 119 Å². The molecular weight excluding hydrogens is 314 g/mol. The zero-order chi connectivity index (χ0) is 13.7. The van der Waals surface area contributed by atoms with Crippen LogP contribution in [0.3, 0.4) is 0 Å². The Morgan fingerprint density at radius 3 is 2.84 bits per heavy atom. The third-order valence-corrected chi connectivity index (χ3v) is 2.95. The van der Waals surface area contributed by atoms with Crippen LogP contribution in [-0.4, -0.2) is 16.7 Å². The fourth-order valence-corrected chi connectivity index (χ4v) is 2.14. The number of hydrogen-bond acceptors (Lipinski definition) is 6. The van der Waals surface area contributed by atoms with Crippen LogP contribution in [0.5, 0.6) is 11.5 Å². The summed E-state index contributed by atoms with van der Waals surface area (Å²) in [5.41, 5.74) is 6.60. The van der Waals surface area contributed by atoms with Gasteiger partial charge in [-0.1, -0.05) is 5.16 Å². The second-order valence-corrected chi connectivity index (χ2v) is 4.53. The second kappa shape index (κ2) is 6.53. The quantitative estimate of drug-likeness (QED) is 0.876. The molecule has 0 bridgehead atoms. The van der Waals surface area contributed by atoms with E-state index in [-0.39, 0.29) is 6.61 Å². The maximum Gasteiger partial charge on any atom is 0.213 e. The van der Waals surface area contributed by atoms with E-state index in [1.807, 2.05) is 19.1 Å². The molecule has 0 aliphatic rings. The molecule has 0 fully saturated rings. The minimum atomic E-state index is 0.206. The number of rotatable bonds is 6. The van der Waals surface area contributed by atoms with Crippen LogP contribution in [0, 0.1) is 0 Å². The van der Waals surface area contributed by atoms with Crippen molar-refractivity contribution < 1.29 is 14.0 Å². The number of hydrogen-bond donors (Lipinski definition) is 1. The van der Waals surface area contributed by atoms with Crippen molar-refractivity contribution in [2.24, 2.45) is 5.73 Å². The van der Waals surface area contributed by atoms with Crippen molar-refractivity contribution in [1.29, 1.82) is 0 Å². The van der Waals surface area contributed by atoms with Crippen molar-refractivity contribution in [1.82, 2.24) is 10.1 Å². The molecule has 2 aromatic rings. The highest BCUT2D eigenvalue weighted by Gasteiger charge is 2.13. The Morgan fingerprint density at radius 2 is 2.21 bits per heavy atom. The Morgan fingerprint density at radius 1 is 1.37 bits per heavy atom. The van der Waals surface area contributed by atoms with Gasteiger partial charge in [-0.15, -0.1) is 0 Å². The monoisotopic (exact) mass is 327 g/mol. The van der Waals surface area contributed by atoms with Gasteiger partial charge in [-0.05, 0) is 40.5 Å². The molecule has 0 saturated carbocycles. The average molecular weight is 328 g/mol. The lowest BCUT2D eigenvalue weighted by atomic mass is 10.2. The van der Waals surface area contributed by atoms with Gasteiger partial charge in [0, 0.05) is 6.54 Å². The summed E-state index contributed by atoms with van der Waals surface area (Å²) < 4.78 is 16.6. The van der Waals surface area contributed by atoms with Gasteiger partial charge in [0.1, 0.15) is 0 Å². The van der Waals surface area contributed by atoms with Crippen LogP contribution in [0.25, 0.3) is 0 Å². The topological polar surface area (TPSA) is 83.4 Å². The fraction of sp³-hybridized carbons (Fsp3) is 0.333. The smallest absolute Gasteiger partial charge is 0.213 e. The Kier molecular flexibility index (Phi) is 4.75. The van der Waals surface area contributed by atoms with Gasteiger partial charge >= 0.3 is 0 Å². The summed E-state index contributed by atoms with van der Waals surface area (Å²) in [6, 6.07) is 3.76. The molecule has 0 aliphatic carbocycles. The molecule has 7 heteroatoms. The molecule has 2 N–H and O–H groups in total. The Hall–Kier alpha value is -1.60. The van der Waals surface area contributed by atoms with E-state index in [1.54, 1.807) is 0 Å². The minimum absolute atomic E-state index is 0.206. The van der Waals surface area contributed by atoms with E-state index < -0.39 is 0 Å². The molecule has 0 spiro atoms. The van der Waals surface area contributed by atoms with Crippen LogP contribution in [0.1, 0.15) is 18.3 Å². The van der Waals surface area contributed by atoms with E-state index in [0.717, 1.165) is 10.0 Å². The number of aromatic nitrogens is 2. The molecule has 1 aromatic carbocycles. The van der Waals surface area contributed by atoms with E-state index in [0.29, 0.717) is 30.5 Å². The predicted molar refractivity (Wildman–Crippen MR) is 71.8 cm³/mol. The molecule has 0 amide bonds. The third kappa shape index (κ3) is 3.45. The van der Waals surface area contributed by atoms with Crippen molar-refractivity contribution in [2.75, 3.05) is 6.61 Å². The van der Waals surface area contributed by atoms with Crippen LogP contribution in [0.4, 0.5) is 0 Å². The summed E-state index contributed by atoms with van der Waals surface area (Å²) >= 11 is 3.45. The third-order valence-electron chi connectivity index (χ3n) is 2.36. The first-order chi connectivity index (χ1) is 9.24. The Bertz CT molecular complexity index is 531. The molecule has 0 radical (unpaired) electrons. The van der Waals surface area contributed by atoms with Gasteiger partial charge in [-0.3, -0.25) is 0 Å². The van der Waals surface area contributed by atoms with Crippen LogP contribution in [0.2, 0.25) is 0 Å². The summed E-state index contributed by atoms with van der Waals surface area (Å²) in [4.78, 5) is 3.89. The highest BCUT2D eigenvalue weighted by Crippen LogP contribution is 2.37. The van der Waals surface area contributed by atoms with Gasteiger partial charge in [-0.2, -0.15) is 4.98 Å². The number of halogens is 1. The maximum atomic E-state index is 5.67. The van der Waals surface area contributed by atoms with E-state index in [9.17, 15) is 0 Å². The van der Waals surface area contributed by atoms with Crippen LogP contribution < -0.4 is 15.2 Å². The highest BCUT2D eigenvalue weighted by atomic mass is 79.9. The van der Waals surface area contributed by atoms with Gasteiger partial charge < -0.3 is 19.7 Å². The second-order valence-electron chi connectivity index (χ2n) is 3.68. The zero-order valence-electron chi connectivity index (χ0n) is 10.4. The maximum absolute atomic E-state index is 5.67. The number of nitrogens with two attached hydrogens (primary N) is 1. The molecule has 102 valence electrons. The summed E-state index contributed by atoms with van der Waals surface area (Å²) in [5.74, 6) is 1.71. The lowest BCUT2D eigenvalue weighted by molar-refractivity contribution is 0.256. The first-order valence-corrected chi connectivity index (χ1v) is 6.57. The summed E-state index contributed by atoms with van der Waals surface area (Å²) in [6.45, 7) is 3.09. The normalized spacial score (nSPS) is 10.5. The zero-order valence-corrected chi connectivity index (χ0v) is 12.0. The van der Waals surface area contributed by atoms with Crippen LogP contribution in [-0.2, 0) is 13.2 Å². The number of ether oxygens (including phenoxy) is 2. The SMILES string of the molecule is CCOc1cc(CN)cc(Br)c1OCc1ncon1. The number of nitrogens with zero attached hydrogens (tertiary/aromatic N) is 2. The predicted octanol–water partition coefficient (Wildman–Crippen LogP) is 2.27. The van der Waals surface area contributed by atoms with Gasteiger partial charge in [0.15, 0.2) is 18.1 Å². The molecule has 1 aromatic heterocycles. The van der Waals surface area contributed by atoms with E-state index in [1.165, 1.54) is 6.39 Å². The molecule has 1 heterocycles. The first-order valence-electron chi connectivity index (χ1n) is 5.78. The lowest BCUT2D eigenvalue weighted by Crippen LogP contribution is -2.04. The Balaban J connectivity index is 2.21. The van der Waals surface area contributed by atoms with Gasteiger partial charge in [0.05, 0.1) is 11.1 Å². The van der Waals surface area contributed by atoms with Crippen molar-refractivity contribution in [3.8, 4) is 11.5 Å². The molecule has 0 atom stereocenters. The van der Waals surface area contributed by atoms with Crippen molar-refractivity contribution in [3.63, 3.8) is 0 Å². The van der Waals surface area contributed by atoms with E-state index in [2.05, 4.69) is 30.6 Å². The van der Waals surface area contributed by atoms with Gasteiger partial charge in [-0.25, -0.2) is 0 Å². The summed E-state index contributed by atoms with van der Waals surface area (Å²) in [7, 11) is 0. The highest BCUT2D eigenvalue weighted by molar-refractivity contribution is 9.10. The van der Waals surface area contributed by atoms with Crippen molar-refractivity contribution in [2.45, 2.75) is 20.1 Å². The van der Waals surface area contributed by atoms with Gasteiger partial charge in [0.25, 0.3) is 0 Å². The molecular formula is C12H14BrN3O3. The molecule has 6 nitrogen and oxygen atoms in total. The molecule has 0 saturated heterocycles. The summed E-state index contributed by atoms with van der Waals surface area (Å²) in [6.07, 6.45) is 1.26. The van der Waals surface area contributed by atoms with Crippen molar-refractivity contribution >= 4 is 15.9 Å². The fourth-order valence-electron chi connectivity index (χ4n) is 1.53. The van der Waals surface area contributed by atoms with E-state index in [4.69, 9.17) is 15.2 Å². The molecule has 2 rings (SSSR count).